The van der Waals surface area contributed by atoms with Gasteiger partial charge in [0.1, 0.15) is 11.5 Å². The van der Waals surface area contributed by atoms with Gasteiger partial charge >= 0.3 is 49.3 Å². The quantitative estimate of drug-likeness (QED) is 0.0525. The van der Waals surface area contributed by atoms with Crippen molar-refractivity contribution in [2.75, 3.05) is 0 Å². The molecule has 0 saturated carbocycles. The number of fused-ring (bicyclic) bond motifs is 2. The topological polar surface area (TPSA) is 92.4 Å². The zero-order valence-corrected chi connectivity index (χ0v) is 36.5. The van der Waals surface area contributed by atoms with Crippen LogP contribution in [0.1, 0.15) is 43.0 Å². The smallest absolute Gasteiger partial charge is 0.435 e. The maximum atomic E-state index is 14.5. The Balaban J connectivity index is 0.000000258. The monoisotopic (exact) mass is 1130 g/mol. The summed E-state index contributed by atoms with van der Waals surface area (Å²) in [6.07, 6.45) is -24.8. The number of Topliss-reactive ketones (excluding diaryl/α,β-unsaturated/α-hetero) is 2. The van der Waals surface area contributed by atoms with Gasteiger partial charge in [0.15, 0.2) is 17.8 Å². The maximum absolute atomic E-state index is 14.5. The first kappa shape index (κ1) is 54.1. The number of hydrogen-bond donors (Lipinski definition) is 0. The number of nitrogens with zero attached hydrogens (tertiary/aromatic N) is 2. The summed E-state index contributed by atoms with van der Waals surface area (Å²) >= 11 is 5.31. The number of ether oxygens (including phenoxy) is 2. The van der Waals surface area contributed by atoms with E-state index in [-0.39, 0.29) is 40.9 Å². The molecule has 0 radical (unpaired) electrons. The molecule has 0 bridgehead atoms. The van der Waals surface area contributed by atoms with Crippen LogP contribution in [0.15, 0.2) is 106 Å². The number of pyridine rings is 2. The fourth-order valence-electron chi connectivity index (χ4n) is 6.48. The normalized spacial score (nSPS) is 12.9. The second kappa shape index (κ2) is 19.9. The van der Waals surface area contributed by atoms with Crippen molar-refractivity contribution in [3.05, 3.63) is 145 Å². The second-order valence-corrected chi connectivity index (χ2v) is 15.9. The molecule has 0 fully saturated rings. The lowest BCUT2D eigenvalue weighted by atomic mass is 9.91. The third kappa shape index (κ3) is 11.3. The van der Waals surface area contributed by atoms with E-state index in [4.69, 9.17) is 0 Å². The van der Waals surface area contributed by atoms with E-state index in [1.54, 1.807) is 12.1 Å². The predicted octanol–water partition coefficient (Wildman–Crippen LogP) is 13.9. The molecular weight excluding hydrogens is 1110 g/mol. The van der Waals surface area contributed by atoms with Crippen LogP contribution in [0.3, 0.4) is 0 Å². The number of ketones is 2. The SMILES string of the molecule is O=C(Cc1c(Br)cc(C(F)(C(F)(F)F)C(F)(F)F)cc1OC(F)F)c1ccc2c(ccc[n+]2[O-])c1.O=C(Cc1c(Br)cc(C(F)(C(F)(F)F)C(F)(F)F)cc1OC(F)F)c1ccc2ncccc2c1. The van der Waals surface area contributed by atoms with Gasteiger partial charge in [-0.05, 0) is 66.7 Å². The zero-order valence-electron chi connectivity index (χ0n) is 33.3. The molecule has 2 heterocycles. The van der Waals surface area contributed by atoms with E-state index in [9.17, 15) is 93.8 Å². The summed E-state index contributed by atoms with van der Waals surface area (Å²) in [5.41, 5.74) is -16.2. The molecule has 0 aliphatic heterocycles. The van der Waals surface area contributed by atoms with E-state index in [0.29, 0.717) is 21.0 Å². The highest BCUT2D eigenvalue weighted by Gasteiger charge is 2.74. The van der Waals surface area contributed by atoms with Gasteiger partial charge < -0.3 is 14.7 Å². The van der Waals surface area contributed by atoms with Gasteiger partial charge in [-0.2, -0.15) is 75.0 Å². The minimum absolute atomic E-state index is 0.0481. The van der Waals surface area contributed by atoms with Crippen LogP contribution in [0, 0.1) is 5.21 Å². The summed E-state index contributed by atoms with van der Waals surface area (Å²) in [6.45, 7) is -7.40. The van der Waals surface area contributed by atoms with Crippen LogP contribution in [-0.4, -0.2) is 54.5 Å². The van der Waals surface area contributed by atoms with Gasteiger partial charge in [-0.25, -0.2) is 8.78 Å². The molecule has 2 aromatic heterocycles. The number of rotatable bonds is 12. The number of halogens is 20. The molecule has 7 nitrogen and oxygen atoms in total. The fourth-order valence-corrected chi connectivity index (χ4v) is 7.65. The molecule has 0 atom stereocenters. The molecule has 6 rings (SSSR count). The van der Waals surface area contributed by atoms with E-state index >= 15 is 0 Å². The molecule has 27 heteroatoms. The van der Waals surface area contributed by atoms with Crippen LogP contribution in [0.2, 0.25) is 0 Å². The molecule has 0 N–H and O–H groups in total. The van der Waals surface area contributed by atoms with Gasteiger partial charge in [-0.1, -0.05) is 37.9 Å². The molecule has 4 aromatic carbocycles. The van der Waals surface area contributed by atoms with Gasteiger partial charge in [-0.15, -0.1) is 0 Å². The molecular formula is C42H22Br2F18N2O5. The Labute approximate surface area is 390 Å². The summed E-state index contributed by atoms with van der Waals surface area (Å²) < 4.78 is 245. The molecule has 6 aromatic rings. The van der Waals surface area contributed by atoms with Gasteiger partial charge in [0, 0.05) is 84.3 Å². The molecule has 0 unspecified atom stereocenters. The number of alkyl halides is 18. The number of carbonyl (C=O) groups excluding carboxylic acids is 2. The predicted molar refractivity (Wildman–Crippen MR) is 212 cm³/mol. The summed E-state index contributed by atoms with van der Waals surface area (Å²) in [5, 5.41) is 12.6. The number of benzene rings is 4. The highest BCUT2D eigenvalue weighted by Crippen LogP contribution is 2.56. The maximum Gasteiger partial charge on any atom is 0.435 e. The first-order valence-electron chi connectivity index (χ1n) is 18.4. The van der Waals surface area contributed by atoms with E-state index in [1.807, 2.05) is 0 Å². The van der Waals surface area contributed by atoms with Crippen LogP contribution in [0.25, 0.3) is 21.8 Å². The van der Waals surface area contributed by atoms with Crippen molar-refractivity contribution in [2.24, 2.45) is 0 Å². The molecule has 0 aliphatic carbocycles. The summed E-state index contributed by atoms with van der Waals surface area (Å²) in [6, 6.07) is 14.1. The van der Waals surface area contributed by atoms with Gasteiger partial charge in [-0.3, -0.25) is 14.6 Å². The van der Waals surface area contributed by atoms with E-state index in [1.165, 1.54) is 60.9 Å². The van der Waals surface area contributed by atoms with E-state index < -0.39 is 116 Å². The third-order valence-corrected chi connectivity index (χ3v) is 11.2. The first-order chi connectivity index (χ1) is 31.7. The lowest BCUT2D eigenvalue weighted by Crippen LogP contribution is -2.50. The Kier molecular flexibility index (Phi) is 15.6. The average molecular weight is 1140 g/mol. The van der Waals surface area contributed by atoms with Gasteiger partial charge in [0.2, 0.25) is 5.52 Å². The Morgan fingerprint density at radius 1 is 0.565 bits per heavy atom. The number of carbonyl (C=O) groups is 2. The second-order valence-electron chi connectivity index (χ2n) is 14.2. The number of aromatic nitrogens is 2. The lowest BCUT2D eigenvalue weighted by Gasteiger charge is -2.31. The van der Waals surface area contributed by atoms with Crippen LogP contribution in [-0.2, 0) is 24.2 Å². The third-order valence-electron chi connectivity index (χ3n) is 9.78. The molecule has 69 heavy (non-hydrogen) atoms. The Morgan fingerprint density at radius 2 is 0.971 bits per heavy atom. The van der Waals surface area contributed by atoms with Gasteiger partial charge in [0.25, 0.3) is 0 Å². The first-order valence-corrected chi connectivity index (χ1v) is 20.0. The molecule has 370 valence electrons. The summed E-state index contributed by atoms with van der Waals surface area (Å²) in [5.74, 6) is -4.01. The van der Waals surface area contributed by atoms with Crippen LogP contribution in [0.5, 0.6) is 11.5 Å². The average Bonchev–Trinajstić information content (AvgIpc) is 3.23. The Hall–Kier alpha value is -5.86. The van der Waals surface area contributed by atoms with E-state index in [0.717, 1.165) is 0 Å². The van der Waals surface area contributed by atoms with Crippen molar-refractivity contribution < 1.29 is 103 Å². The fraction of sp³-hybridized carbons (Fsp3) is 0.238. The van der Waals surface area contributed by atoms with Crippen molar-refractivity contribution in [3.63, 3.8) is 0 Å². The molecule has 0 aliphatic rings. The Bertz CT molecular complexity index is 2860. The van der Waals surface area contributed by atoms with Gasteiger partial charge in [0.05, 0.1) is 5.52 Å². The van der Waals surface area contributed by atoms with Crippen LogP contribution < -0.4 is 14.2 Å². The molecule has 0 amide bonds. The molecule has 0 spiro atoms. The van der Waals surface area contributed by atoms with Crippen molar-refractivity contribution in [3.8, 4) is 11.5 Å². The minimum atomic E-state index is -6.49. The van der Waals surface area contributed by atoms with Crippen molar-refractivity contribution in [1.82, 2.24) is 4.98 Å². The molecule has 0 saturated heterocycles. The standard InChI is InChI=1S/C21H11BrF9NO3.C21H11BrF9NO2/c22-14-7-12(19(25,20(26,27)28)21(29,30)31)8-17(35-18(23)24)13(14)9-16(33)11-3-4-15-10(6-11)2-1-5-32(15)34;22-14-7-12(19(25,20(26,27)28)21(29,30)31)8-17(34-18(23)24)13(14)9-16(33)11-3-4-15-10(6-11)2-1-5-32-15/h1-8,18H,9H2;1-8,18H,9H2. The van der Waals surface area contributed by atoms with E-state index in [2.05, 4.69) is 46.3 Å². The van der Waals surface area contributed by atoms with Crippen LogP contribution >= 0.6 is 31.9 Å². The highest BCUT2D eigenvalue weighted by molar-refractivity contribution is 9.10. The lowest BCUT2D eigenvalue weighted by molar-refractivity contribution is -0.577. The van der Waals surface area contributed by atoms with Crippen molar-refractivity contribution in [2.45, 2.75) is 62.1 Å². The largest absolute Gasteiger partial charge is 0.618 e. The van der Waals surface area contributed by atoms with Crippen molar-refractivity contribution in [1.29, 1.82) is 0 Å². The minimum Gasteiger partial charge on any atom is -0.618 e. The van der Waals surface area contributed by atoms with Crippen LogP contribution in [0.4, 0.5) is 79.0 Å². The van der Waals surface area contributed by atoms with Crippen molar-refractivity contribution >= 4 is 65.2 Å². The highest BCUT2D eigenvalue weighted by atomic mass is 79.9. The summed E-state index contributed by atoms with van der Waals surface area (Å²) in [4.78, 5) is 29.5. The number of hydrogen-bond acceptors (Lipinski definition) is 6. The zero-order chi connectivity index (χ0) is 51.8. The summed E-state index contributed by atoms with van der Waals surface area (Å²) in [7, 11) is 0. The Morgan fingerprint density at radius 3 is 1.39 bits per heavy atom.